The summed E-state index contributed by atoms with van der Waals surface area (Å²) in [6.07, 6.45) is -1.31. The first-order valence-electron chi connectivity index (χ1n) is 8.75. The molecule has 0 bridgehead atoms. The summed E-state index contributed by atoms with van der Waals surface area (Å²) in [5.41, 5.74) is 0.731. The Labute approximate surface area is 146 Å². The summed E-state index contributed by atoms with van der Waals surface area (Å²) in [6, 6.07) is 3.72. The van der Waals surface area contributed by atoms with E-state index in [-0.39, 0.29) is 30.6 Å². The molecule has 1 unspecified atom stereocenters. The number of carbonyl (C=O) groups excluding carboxylic acids is 2. The van der Waals surface area contributed by atoms with Crippen LogP contribution in [-0.2, 0) is 28.7 Å². The predicted molar refractivity (Wildman–Crippen MR) is 88.9 cm³/mol. The number of hydrogen-bond donors (Lipinski definition) is 0. The van der Waals surface area contributed by atoms with E-state index in [0.717, 1.165) is 17.7 Å². The molecule has 138 valence electrons. The highest BCUT2D eigenvalue weighted by molar-refractivity contribution is 5.90. The number of rotatable bonds is 1. The van der Waals surface area contributed by atoms with Crippen LogP contribution in [0.15, 0.2) is 18.2 Å². The summed E-state index contributed by atoms with van der Waals surface area (Å²) >= 11 is 0. The van der Waals surface area contributed by atoms with Gasteiger partial charge in [-0.2, -0.15) is 13.2 Å². The molecule has 0 radical (unpaired) electrons. The number of ketones is 1. The molecule has 0 saturated heterocycles. The van der Waals surface area contributed by atoms with Gasteiger partial charge in [0.1, 0.15) is 5.78 Å². The van der Waals surface area contributed by atoms with E-state index in [0.29, 0.717) is 31.4 Å². The number of Topliss-reactive ketones (excluding diaryl/α,β-unsaturated/α-hetero) is 1. The quantitative estimate of drug-likeness (QED) is 0.750. The molecule has 1 aliphatic carbocycles. The molecule has 1 aliphatic heterocycles. The summed E-state index contributed by atoms with van der Waals surface area (Å²) in [5.74, 6) is -0.302. The van der Waals surface area contributed by atoms with E-state index in [2.05, 4.69) is 13.8 Å². The van der Waals surface area contributed by atoms with Crippen LogP contribution < -0.4 is 0 Å². The average molecular weight is 355 g/mol. The van der Waals surface area contributed by atoms with Crippen molar-refractivity contribution in [2.24, 2.45) is 5.92 Å². The molecule has 1 aromatic carbocycles. The van der Waals surface area contributed by atoms with Crippen LogP contribution in [0.25, 0.3) is 0 Å². The van der Waals surface area contributed by atoms with Gasteiger partial charge in [0.2, 0.25) is 5.91 Å². The summed E-state index contributed by atoms with van der Waals surface area (Å²) in [4.78, 5) is 25.3. The largest absolute Gasteiger partial charge is 0.416 e. The lowest BCUT2D eigenvalue weighted by Gasteiger charge is -2.31. The van der Waals surface area contributed by atoms with Gasteiger partial charge in [0.25, 0.3) is 0 Å². The van der Waals surface area contributed by atoms with Crippen LogP contribution >= 0.6 is 0 Å². The van der Waals surface area contributed by atoms with E-state index in [9.17, 15) is 22.8 Å². The number of alkyl halides is 3. The van der Waals surface area contributed by atoms with Crippen LogP contribution in [0.1, 0.15) is 56.2 Å². The van der Waals surface area contributed by atoms with Gasteiger partial charge in [0.05, 0.1) is 5.56 Å². The molecule has 1 aromatic rings. The minimum absolute atomic E-state index is 0.0927. The second-order valence-corrected chi connectivity index (χ2v) is 6.68. The Morgan fingerprint density at radius 1 is 1.20 bits per heavy atom. The van der Waals surface area contributed by atoms with Crippen molar-refractivity contribution in [1.29, 1.82) is 0 Å². The molecule has 2 aliphatic rings. The van der Waals surface area contributed by atoms with Crippen molar-refractivity contribution in [3.05, 3.63) is 34.9 Å². The third-order valence-electron chi connectivity index (χ3n) is 4.45. The second-order valence-electron chi connectivity index (χ2n) is 6.68. The van der Waals surface area contributed by atoms with E-state index in [4.69, 9.17) is 0 Å². The minimum atomic E-state index is -4.38. The van der Waals surface area contributed by atoms with Crippen molar-refractivity contribution >= 4 is 11.7 Å². The molecular formula is C19H24F3NO2. The lowest BCUT2D eigenvalue weighted by atomic mass is 9.95. The van der Waals surface area contributed by atoms with Crippen LogP contribution in [0.2, 0.25) is 0 Å². The topological polar surface area (TPSA) is 37.4 Å². The van der Waals surface area contributed by atoms with Crippen molar-refractivity contribution in [2.45, 2.75) is 58.7 Å². The van der Waals surface area contributed by atoms with Gasteiger partial charge >= 0.3 is 6.18 Å². The summed E-state index contributed by atoms with van der Waals surface area (Å²) in [6.45, 7) is 4.95. The maximum absolute atomic E-state index is 12.8. The lowest BCUT2D eigenvalue weighted by molar-refractivity contribution is -0.137. The normalized spacial score (nSPS) is 20.0. The average Bonchev–Trinajstić information content (AvgIpc) is 2.99. The summed E-state index contributed by atoms with van der Waals surface area (Å²) in [5, 5.41) is 0. The van der Waals surface area contributed by atoms with Crippen LogP contribution in [0.4, 0.5) is 13.2 Å². The van der Waals surface area contributed by atoms with Crippen molar-refractivity contribution in [3.8, 4) is 0 Å². The number of fused-ring (bicyclic) bond motifs is 1. The third kappa shape index (κ3) is 4.83. The molecular weight excluding hydrogens is 331 g/mol. The Morgan fingerprint density at radius 2 is 1.88 bits per heavy atom. The van der Waals surface area contributed by atoms with Crippen molar-refractivity contribution in [1.82, 2.24) is 4.90 Å². The lowest BCUT2D eigenvalue weighted by Crippen LogP contribution is -2.39. The fourth-order valence-corrected chi connectivity index (χ4v) is 3.20. The standard InChI is InChI=1S/C16H16F3NO2.C3H8/c17-16(18,19)13-3-1-10-5-6-20(9-12(10)7-13)15(22)11-2-4-14(21)8-11;1-3-2/h1,3,7,11H,2,4-6,8-9H2;3H2,1-2H3. The molecule has 0 N–H and O–H groups in total. The molecule has 1 amide bonds. The molecule has 25 heavy (non-hydrogen) atoms. The maximum atomic E-state index is 12.8. The van der Waals surface area contributed by atoms with Crippen LogP contribution in [0.5, 0.6) is 0 Å². The molecule has 0 spiro atoms. The van der Waals surface area contributed by atoms with Crippen molar-refractivity contribution in [3.63, 3.8) is 0 Å². The Morgan fingerprint density at radius 3 is 2.44 bits per heavy atom. The van der Waals surface area contributed by atoms with Gasteiger partial charge in [-0.1, -0.05) is 26.3 Å². The summed E-state index contributed by atoms with van der Waals surface area (Å²) in [7, 11) is 0. The highest BCUT2D eigenvalue weighted by atomic mass is 19.4. The Kier molecular flexibility index (Phi) is 6.25. The number of hydrogen-bond acceptors (Lipinski definition) is 2. The van der Waals surface area contributed by atoms with Gasteiger partial charge in [-0.05, 0) is 36.1 Å². The first kappa shape index (κ1) is 19.5. The second kappa shape index (κ2) is 8.02. The van der Waals surface area contributed by atoms with Crippen molar-refractivity contribution < 1.29 is 22.8 Å². The number of carbonyl (C=O) groups is 2. The predicted octanol–water partition coefficient (Wildman–Crippen LogP) is 4.38. The first-order chi connectivity index (χ1) is 11.8. The molecule has 1 atom stereocenters. The number of nitrogens with zero attached hydrogens (tertiary/aromatic N) is 1. The van der Waals surface area contributed by atoms with E-state index in [1.54, 1.807) is 4.90 Å². The Hall–Kier alpha value is -1.85. The van der Waals surface area contributed by atoms with E-state index < -0.39 is 11.7 Å². The highest BCUT2D eigenvalue weighted by Crippen LogP contribution is 2.33. The minimum Gasteiger partial charge on any atom is -0.338 e. The van der Waals surface area contributed by atoms with Crippen LogP contribution in [0, 0.1) is 5.92 Å². The fourth-order valence-electron chi connectivity index (χ4n) is 3.20. The molecule has 3 rings (SSSR count). The maximum Gasteiger partial charge on any atom is 0.416 e. The SMILES string of the molecule is CCC.O=C1CCC(C(=O)N2CCc3ccc(C(F)(F)F)cc3C2)C1. The van der Waals surface area contributed by atoms with Gasteiger partial charge in [-0.25, -0.2) is 0 Å². The smallest absolute Gasteiger partial charge is 0.338 e. The number of halogens is 3. The Bertz CT molecular complexity index is 640. The van der Waals surface area contributed by atoms with Gasteiger partial charge in [0, 0.05) is 31.8 Å². The molecule has 0 aromatic heterocycles. The fraction of sp³-hybridized carbons (Fsp3) is 0.579. The van der Waals surface area contributed by atoms with Gasteiger partial charge in [-0.15, -0.1) is 0 Å². The van der Waals surface area contributed by atoms with Gasteiger partial charge < -0.3 is 4.90 Å². The van der Waals surface area contributed by atoms with Crippen LogP contribution in [0.3, 0.4) is 0 Å². The van der Waals surface area contributed by atoms with E-state index in [1.165, 1.54) is 12.5 Å². The molecule has 1 saturated carbocycles. The molecule has 1 fully saturated rings. The van der Waals surface area contributed by atoms with Gasteiger partial charge in [0.15, 0.2) is 0 Å². The third-order valence-corrected chi connectivity index (χ3v) is 4.45. The van der Waals surface area contributed by atoms with E-state index >= 15 is 0 Å². The zero-order valence-electron chi connectivity index (χ0n) is 14.7. The Balaban J connectivity index is 0.000000701. The number of amides is 1. The first-order valence-corrected chi connectivity index (χ1v) is 8.75. The zero-order valence-corrected chi connectivity index (χ0v) is 14.7. The number of benzene rings is 1. The van der Waals surface area contributed by atoms with Gasteiger partial charge in [-0.3, -0.25) is 9.59 Å². The molecule has 3 nitrogen and oxygen atoms in total. The molecule has 6 heteroatoms. The van der Waals surface area contributed by atoms with E-state index in [1.807, 2.05) is 0 Å². The zero-order chi connectivity index (χ0) is 18.6. The highest BCUT2D eigenvalue weighted by Gasteiger charge is 2.34. The molecule has 1 heterocycles. The van der Waals surface area contributed by atoms with Crippen LogP contribution in [-0.4, -0.2) is 23.1 Å². The summed E-state index contributed by atoms with van der Waals surface area (Å²) < 4.78 is 38.4. The van der Waals surface area contributed by atoms with Crippen molar-refractivity contribution in [2.75, 3.05) is 6.54 Å². The monoisotopic (exact) mass is 355 g/mol.